The number of amides is 2. The van der Waals surface area contributed by atoms with Crippen LogP contribution in [0.3, 0.4) is 0 Å². The summed E-state index contributed by atoms with van der Waals surface area (Å²) in [6.45, 7) is 3.22. The predicted molar refractivity (Wildman–Crippen MR) is 161 cm³/mol. The molecule has 0 atom stereocenters. The normalized spacial score (nSPS) is 13.7. The zero-order chi connectivity index (χ0) is 33.3. The van der Waals surface area contributed by atoms with Crippen LogP contribution in [0, 0.1) is 6.92 Å². The van der Waals surface area contributed by atoms with E-state index in [1.165, 1.54) is 22.0 Å². The number of piperazine rings is 1. The Hall–Kier alpha value is -4.83. The first-order chi connectivity index (χ1) is 21.8. The van der Waals surface area contributed by atoms with Gasteiger partial charge in [0.25, 0.3) is 5.91 Å². The van der Waals surface area contributed by atoms with Gasteiger partial charge in [0.05, 0.1) is 40.5 Å². The second-order valence-corrected chi connectivity index (χ2v) is 10.8. The van der Waals surface area contributed by atoms with Crippen molar-refractivity contribution < 1.29 is 33.0 Å². The molecule has 1 aromatic carbocycles. The number of benzene rings is 1. The summed E-state index contributed by atoms with van der Waals surface area (Å²) >= 11 is 6.04. The van der Waals surface area contributed by atoms with Crippen LogP contribution in [-0.2, 0) is 30.5 Å². The van der Waals surface area contributed by atoms with Crippen molar-refractivity contribution in [2.24, 2.45) is 0 Å². The van der Waals surface area contributed by atoms with Gasteiger partial charge < -0.3 is 29.9 Å². The van der Waals surface area contributed by atoms with E-state index in [2.05, 4.69) is 25.3 Å². The van der Waals surface area contributed by atoms with Crippen molar-refractivity contribution >= 4 is 46.0 Å². The van der Waals surface area contributed by atoms with Gasteiger partial charge in [-0.25, -0.2) is 19.9 Å². The number of aliphatic hydroxyl groups is 1. The monoisotopic (exact) mass is 660 g/mol. The van der Waals surface area contributed by atoms with Gasteiger partial charge in [-0.05, 0) is 31.5 Å². The fraction of sp³-hybridized carbons (Fsp3) is 0.345. The van der Waals surface area contributed by atoms with E-state index >= 15 is 0 Å². The molecule has 0 radical (unpaired) electrons. The first kappa shape index (κ1) is 32.6. The van der Waals surface area contributed by atoms with Crippen molar-refractivity contribution in [3.8, 4) is 5.75 Å². The lowest BCUT2D eigenvalue weighted by molar-refractivity contribution is -0.137. The number of rotatable bonds is 7. The molecule has 2 amide bonds. The molecule has 4 aromatic rings. The van der Waals surface area contributed by atoms with Gasteiger partial charge in [0.1, 0.15) is 18.6 Å². The van der Waals surface area contributed by atoms with Crippen LogP contribution < -0.4 is 15.6 Å². The fourth-order valence-corrected chi connectivity index (χ4v) is 5.46. The van der Waals surface area contributed by atoms with Crippen LogP contribution in [-0.4, -0.2) is 77.6 Å². The maximum absolute atomic E-state index is 13.9. The Balaban J connectivity index is 1.48. The maximum Gasteiger partial charge on any atom is 0.416 e. The van der Waals surface area contributed by atoms with E-state index in [4.69, 9.17) is 11.6 Å². The zero-order valence-electron chi connectivity index (χ0n) is 24.6. The van der Waals surface area contributed by atoms with Crippen molar-refractivity contribution in [3.05, 3.63) is 74.3 Å². The molecule has 46 heavy (non-hydrogen) atoms. The number of hydrogen-bond donors (Lipinski definition) is 3. The van der Waals surface area contributed by atoms with Gasteiger partial charge >= 0.3 is 6.18 Å². The number of aromatic hydroxyl groups is 1. The van der Waals surface area contributed by atoms with Crippen LogP contribution in [0.25, 0.3) is 11.2 Å². The van der Waals surface area contributed by atoms with Gasteiger partial charge in [0.15, 0.2) is 22.6 Å². The summed E-state index contributed by atoms with van der Waals surface area (Å²) in [5, 5.41) is 22.2. The molecule has 1 aliphatic heterocycles. The van der Waals surface area contributed by atoms with E-state index in [-0.39, 0.29) is 83.0 Å². The van der Waals surface area contributed by atoms with Crippen molar-refractivity contribution in [3.63, 3.8) is 0 Å². The van der Waals surface area contributed by atoms with Crippen LogP contribution in [0.5, 0.6) is 5.75 Å². The van der Waals surface area contributed by atoms with Crippen molar-refractivity contribution in [1.82, 2.24) is 29.4 Å². The van der Waals surface area contributed by atoms with E-state index < -0.39 is 42.1 Å². The fourth-order valence-electron chi connectivity index (χ4n) is 5.23. The highest BCUT2D eigenvalue weighted by atomic mass is 35.5. The number of anilines is 2. The van der Waals surface area contributed by atoms with Gasteiger partial charge in [-0.2, -0.15) is 13.2 Å². The molecule has 1 saturated heterocycles. The molecule has 0 aliphatic carbocycles. The number of fused-ring (bicyclic) bond motifs is 1. The minimum Gasteiger partial charge on any atom is -0.504 e. The number of carbonyl (C=O) groups is 2. The lowest BCUT2D eigenvalue weighted by Crippen LogP contribution is -2.50. The maximum atomic E-state index is 13.9. The molecule has 0 unspecified atom stereocenters. The average Bonchev–Trinajstić information content (AvgIpc) is 3.03. The SMILES string of the molecule is CCc1c(N2CCN(C(=O)c3ncnc(C)c3O)CC2)c(=O)c2nc(CO)cnc2n1CC(=O)Nc1ccc(C(F)(F)F)cc1Cl. The molecule has 5 rings (SSSR count). The number of aliphatic hydroxyl groups excluding tert-OH is 1. The molecule has 242 valence electrons. The zero-order valence-corrected chi connectivity index (χ0v) is 25.4. The van der Waals surface area contributed by atoms with Crippen LogP contribution in [0.1, 0.15) is 40.1 Å². The number of carbonyl (C=O) groups excluding carboxylic acids is 2. The van der Waals surface area contributed by atoms with Crippen LogP contribution in [0.2, 0.25) is 5.02 Å². The molecule has 17 heteroatoms. The Labute approximate surface area is 264 Å². The van der Waals surface area contributed by atoms with E-state index in [0.29, 0.717) is 11.8 Å². The molecule has 13 nitrogen and oxygen atoms in total. The number of aryl methyl sites for hydroxylation is 1. The van der Waals surface area contributed by atoms with Crippen molar-refractivity contribution in [1.29, 1.82) is 0 Å². The quantitative estimate of drug-likeness (QED) is 0.268. The van der Waals surface area contributed by atoms with E-state index in [1.54, 1.807) is 18.7 Å². The highest BCUT2D eigenvalue weighted by Gasteiger charge is 2.32. The standard InChI is InChI=1S/C29H28ClF3N8O5/c1-3-20-24(39-6-8-40(9-7-39)28(46)23-25(44)15(2)35-14-36-23)26(45)22-27(34-11-17(13-42)37-22)41(20)12-21(43)38-19-5-4-16(10-18(19)30)29(31,32)33/h4-5,10-11,14,42,44H,3,6-9,12-13H2,1-2H3,(H,38,43). The molecule has 0 saturated carbocycles. The first-order valence-corrected chi connectivity index (χ1v) is 14.4. The summed E-state index contributed by atoms with van der Waals surface area (Å²) in [5.74, 6) is -1.46. The molecule has 4 heterocycles. The average molecular weight is 661 g/mol. The minimum atomic E-state index is -4.62. The van der Waals surface area contributed by atoms with E-state index in [1.807, 2.05) is 0 Å². The summed E-state index contributed by atoms with van der Waals surface area (Å²) in [4.78, 5) is 59.9. The van der Waals surface area contributed by atoms with Crippen LogP contribution >= 0.6 is 11.6 Å². The van der Waals surface area contributed by atoms with Crippen molar-refractivity contribution in [2.45, 2.75) is 39.6 Å². The largest absolute Gasteiger partial charge is 0.504 e. The Morgan fingerprint density at radius 3 is 2.46 bits per heavy atom. The number of nitrogens with zero attached hydrogens (tertiary/aromatic N) is 7. The summed E-state index contributed by atoms with van der Waals surface area (Å²) in [6.07, 6.45) is -1.88. The second kappa shape index (κ2) is 12.9. The summed E-state index contributed by atoms with van der Waals surface area (Å²) in [5.41, 5.74) is -0.608. The third kappa shape index (κ3) is 6.30. The van der Waals surface area contributed by atoms with E-state index in [9.17, 15) is 37.8 Å². The molecule has 0 bridgehead atoms. The summed E-state index contributed by atoms with van der Waals surface area (Å²) < 4.78 is 40.8. The second-order valence-electron chi connectivity index (χ2n) is 10.4. The van der Waals surface area contributed by atoms with Crippen molar-refractivity contribution in [2.75, 3.05) is 36.4 Å². The Morgan fingerprint density at radius 1 is 1.11 bits per heavy atom. The van der Waals surface area contributed by atoms with Gasteiger partial charge in [0, 0.05) is 31.9 Å². The molecule has 0 spiro atoms. The Morgan fingerprint density at radius 2 is 1.83 bits per heavy atom. The third-order valence-electron chi connectivity index (χ3n) is 7.55. The van der Waals surface area contributed by atoms with Crippen LogP contribution in [0.4, 0.5) is 24.5 Å². The molecule has 3 aromatic heterocycles. The van der Waals surface area contributed by atoms with Gasteiger partial charge in [-0.3, -0.25) is 14.4 Å². The molecule has 1 fully saturated rings. The number of aromatic nitrogens is 5. The minimum absolute atomic E-state index is 0.0392. The topological polar surface area (TPSA) is 167 Å². The number of halogens is 4. The first-order valence-electron chi connectivity index (χ1n) is 14.1. The van der Waals surface area contributed by atoms with E-state index in [0.717, 1.165) is 12.1 Å². The van der Waals surface area contributed by atoms with Gasteiger partial charge in [-0.1, -0.05) is 18.5 Å². The number of alkyl halides is 3. The molecule has 3 N–H and O–H groups in total. The Bertz CT molecular complexity index is 1890. The number of hydrogen-bond acceptors (Lipinski definition) is 10. The summed E-state index contributed by atoms with van der Waals surface area (Å²) in [6, 6.07) is 2.56. The van der Waals surface area contributed by atoms with Gasteiger partial charge in [-0.15, -0.1) is 0 Å². The molecule has 1 aliphatic rings. The molecular formula is C29H28ClF3N8O5. The number of nitrogens with one attached hydrogen (secondary N) is 1. The molecular weight excluding hydrogens is 633 g/mol. The number of pyridine rings is 1. The predicted octanol–water partition coefficient (Wildman–Crippen LogP) is 2.92. The smallest absolute Gasteiger partial charge is 0.416 e. The van der Waals surface area contributed by atoms with Gasteiger partial charge in [0.2, 0.25) is 11.3 Å². The Kier molecular flexibility index (Phi) is 9.12. The van der Waals surface area contributed by atoms with Crippen LogP contribution in [0.15, 0.2) is 35.5 Å². The third-order valence-corrected chi connectivity index (χ3v) is 7.86. The highest BCUT2D eigenvalue weighted by molar-refractivity contribution is 6.33. The highest BCUT2D eigenvalue weighted by Crippen LogP contribution is 2.34. The lowest BCUT2D eigenvalue weighted by Gasteiger charge is -2.37. The lowest BCUT2D eigenvalue weighted by atomic mass is 10.1. The summed E-state index contributed by atoms with van der Waals surface area (Å²) in [7, 11) is 0.